The minimum atomic E-state index is -1.00. The van der Waals surface area contributed by atoms with Gasteiger partial charge in [-0.1, -0.05) is 19.1 Å². The van der Waals surface area contributed by atoms with E-state index in [9.17, 15) is 9.90 Å². The first-order valence-corrected chi connectivity index (χ1v) is 6.34. The minimum Gasteiger partial charge on any atom is -0.491 e. The van der Waals surface area contributed by atoms with Crippen molar-refractivity contribution in [2.45, 2.75) is 25.9 Å². The third kappa shape index (κ3) is 5.28. The fraction of sp³-hybridized carbons (Fsp3) is 0.500. The average molecular weight is 267 g/mol. The van der Waals surface area contributed by atoms with Crippen LogP contribution in [0.15, 0.2) is 24.3 Å². The van der Waals surface area contributed by atoms with Crippen LogP contribution in [0.5, 0.6) is 5.75 Å². The van der Waals surface area contributed by atoms with Crippen molar-refractivity contribution in [3.63, 3.8) is 0 Å². The van der Waals surface area contributed by atoms with E-state index in [1.807, 2.05) is 6.92 Å². The normalized spacial score (nSPS) is 13.8. The lowest BCUT2D eigenvalue weighted by Crippen LogP contribution is -2.38. The third-order valence-corrected chi connectivity index (χ3v) is 2.92. The highest BCUT2D eigenvalue weighted by Crippen LogP contribution is 2.17. The second kappa shape index (κ2) is 7.11. The maximum atomic E-state index is 11.0. The molecule has 5 heteroatoms. The standard InChI is InChI=1S/C14H21NO4/c1-3-14(2,18)10-15-8-9-19-12-7-5-4-6-11(12)13(16)17/h4-7,15,18H,3,8-10H2,1-2H3,(H,16,17). The van der Waals surface area contributed by atoms with Crippen LogP contribution in [0.3, 0.4) is 0 Å². The molecule has 0 amide bonds. The zero-order valence-electron chi connectivity index (χ0n) is 11.3. The van der Waals surface area contributed by atoms with Gasteiger partial charge in [0.1, 0.15) is 17.9 Å². The molecule has 1 aromatic rings. The molecule has 19 heavy (non-hydrogen) atoms. The molecule has 0 heterocycles. The van der Waals surface area contributed by atoms with Crippen molar-refractivity contribution >= 4 is 5.97 Å². The molecule has 0 aliphatic heterocycles. The number of para-hydroxylation sites is 1. The Balaban J connectivity index is 2.36. The maximum absolute atomic E-state index is 11.0. The van der Waals surface area contributed by atoms with Crippen molar-refractivity contribution < 1.29 is 19.7 Å². The Labute approximate surface area is 113 Å². The quantitative estimate of drug-likeness (QED) is 0.622. The molecule has 3 N–H and O–H groups in total. The molecule has 0 radical (unpaired) electrons. The summed E-state index contributed by atoms with van der Waals surface area (Å²) in [6.07, 6.45) is 0.669. The minimum absolute atomic E-state index is 0.156. The van der Waals surface area contributed by atoms with Gasteiger partial charge in [0.15, 0.2) is 0 Å². The first-order valence-electron chi connectivity index (χ1n) is 6.34. The number of hydrogen-bond acceptors (Lipinski definition) is 4. The summed E-state index contributed by atoms with van der Waals surface area (Å²) < 4.78 is 5.42. The molecule has 0 saturated heterocycles. The number of aromatic carboxylic acids is 1. The zero-order chi connectivity index (χ0) is 14.3. The van der Waals surface area contributed by atoms with Gasteiger partial charge in [0, 0.05) is 13.1 Å². The van der Waals surface area contributed by atoms with Gasteiger partial charge in [0.2, 0.25) is 0 Å². The lowest BCUT2D eigenvalue weighted by atomic mass is 10.0. The van der Waals surface area contributed by atoms with E-state index in [2.05, 4.69) is 5.32 Å². The molecular formula is C14H21NO4. The molecule has 1 unspecified atom stereocenters. The number of nitrogens with one attached hydrogen (secondary N) is 1. The summed E-state index contributed by atoms with van der Waals surface area (Å²) in [4.78, 5) is 11.0. The maximum Gasteiger partial charge on any atom is 0.339 e. The molecular weight excluding hydrogens is 246 g/mol. The predicted molar refractivity (Wildman–Crippen MR) is 72.7 cm³/mol. The predicted octanol–water partition coefficient (Wildman–Crippen LogP) is 1.51. The van der Waals surface area contributed by atoms with Crippen LogP contribution in [0.2, 0.25) is 0 Å². The van der Waals surface area contributed by atoms with E-state index in [0.717, 1.165) is 0 Å². The number of ether oxygens (including phenoxy) is 1. The molecule has 0 aliphatic rings. The topological polar surface area (TPSA) is 78.8 Å². The fourth-order valence-corrected chi connectivity index (χ4v) is 1.49. The van der Waals surface area contributed by atoms with Crippen molar-refractivity contribution in [1.29, 1.82) is 0 Å². The molecule has 0 bridgehead atoms. The number of aliphatic hydroxyl groups is 1. The van der Waals surface area contributed by atoms with E-state index in [0.29, 0.717) is 31.9 Å². The van der Waals surface area contributed by atoms with Crippen molar-refractivity contribution in [3.8, 4) is 5.75 Å². The molecule has 0 spiro atoms. The van der Waals surface area contributed by atoms with E-state index in [1.54, 1.807) is 25.1 Å². The Bertz CT molecular complexity index is 418. The van der Waals surface area contributed by atoms with Gasteiger partial charge in [-0.15, -0.1) is 0 Å². The number of rotatable bonds is 8. The van der Waals surface area contributed by atoms with Crippen LogP contribution in [0.25, 0.3) is 0 Å². The highest BCUT2D eigenvalue weighted by Gasteiger charge is 2.16. The van der Waals surface area contributed by atoms with Gasteiger partial charge in [0.25, 0.3) is 0 Å². The van der Waals surface area contributed by atoms with E-state index in [1.165, 1.54) is 6.07 Å². The number of carbonyl (C=O) groups is 1. The highest BCUT2D eigenvalue weighted by molar-refractivity contribution is 5.90. The van der Waals surface area contributed by atoms with Crippen LogP contribution < -0.4 is 10.1 Å². The highest BCUT2D eigenvalue weighted by atomic mass is 16.5. The zero-order valence-corrected chi connectivity index (χ0v) is 11.3. The third-order valence-electron chi connectivity index (χ3n) is 2.92. The monoisotopic (exact) mass is 267 g/mol. The molecule has 106 valence electrons. The molecule has 0 saturated carbocycles. The van der Waals surface area contributed by atoms with Crippen molar-refractivity contribution in [2.75, 3.05) is 19.7 Å². The summed E-state index contributed by atoms with van der Waals surface area (Å²) in [7, 11) is 0. The van der Waals surface area contributed by atoms with E-state index in [4.69, 9.17) is 9.84 Å². The second-order valence-corrected chi connectivity index (χ2v) is 4.68. The SMILES string of the molecule is CCC(C)(O)CNCCOc1ccccc1C(=O)O. The summed E-state index contributed by atoms with van der Waals surface area (Å²) >= 11 is 0. The van der Waals surface area contributed by atoms with Crippen molar-refractivity contribution in [1.82, 2.24) is 5.32 Å². The summed E-state index contributed by atoms with van der Waals surface area (Å²) in [6.45, 7) is 5.06. The average Bonchev–Trinajstić information content (AvgIpc) is 2.38. The smallest absolute Gasteiger partial charge is 0.339 e. The molecule has 5 nitrogen and oxygen atoms in total. The van der Waals surface area contributed by atoms with Crippen LogP contribution in [0.4, 0.5) is 0 Å². The van der Waals surface area contributed by atoms with Crippen molar-refractivity contribution in [3.05, 3.63) is 29.8 Å². The van der Waals surface area contributed by atoms with Crippen LogP contribution in [-0.4, -0.2) is 41.5 Å². The van der Waals surface area contributed by atoms with Gasteiger partial charge in [-0.2, -0.15) is 0 Å². The molecule has 0 aromatic heterocycles. The summed E-state index contributed by atoms with van der Waals surface area (Å²) in [5, 5.41) is 21.8. The van der Waals surface area contributed by atoms with Crippen LogP contribution >= 0.6 is 0 Å². The molecule has 1 rings (SSSR count). The van der Waals surface area contributed by atoms with Gasteiger partial charge < -0.3 is 20.3 Å². The number of hydrogen-bond donors (Lipinski definition) is 3. The summed E-state index contributed by atoms with van der Waals surface area (Å²) in [6, 6.07) is 6.53. The van der Waals surface area contributed by atoms with E-state index in [-0.39, 0.29) is 5.56 Å². The Morgan fingerprint density at radius 1 is 1.42 bits per heavy atom. The second-order valence-electron chi connectivity index (χ2n) is 4.68. The Morgan fingerprint density at radius 2 is 2.11 bits per heavy atom. The Hall–Kier alpha value is -1.59. The summed E-state index contributed by atoms with van der Waals surface area (Å²) in [5.41, 5.74) is -0.568. The fourth-order valence-electron chi connectivity index (χ4n) is 1.49. The number of benzene rings is 1. The van der Waals surface area contributed by atoms with E-state index < -0.39 is 11.6 Å². The van der Waals surface area contributed by atoms with Gasteiger partial charge in [0.05, 0.1) is 5.60 Å². The van der Waals surface area contributed by atoms with Gasteiger partial charge in [-0.25, -0.2) is 4.79 Å². The first-order chi connectivity index (χ1) is 8.96. The lowest BCUT2D eigenvalue weighted by Gasteiger charge is -2.21. The Morgan fingerprint density at radius 3 is 2.74 bits per heavy atom. The number of carboxylic acid groups (broad SMARTS) is 1. The Kier molecular flexibility index (Phi) is 5.79. The van der Waals surface area contributed by atoms with Crippen LogP contribution in [-0.2, 0) is 0 Å². The van der Waals surface area contributed by atoms with Crippen LogP contribution in [0, 0.1) is 0 Å². The van der Waals surface area contributed by atoms with E-state index >= 15 is 0 Å². The van der Waals surface area contributed by atoms with Crippen LogP contribution in [0.1, 0.15) is 30.6 Å². The molecule has 0 aliphatic carbocycles. The molecule has 0 fully saturated rings. The first kappa shape index (κ1) is 15.5. The molecule has 1 atom stereocenters. The lowest BCUT2D eigenvalue weighted by molar-refractivity contribution is 0.0551. The molecule has 1 aromatic carbocycles. The summed E-state index contributed by atoms with van der Waals surface area (Å²) in [5.74, 6) is -0.642. The van der Waals surface area contributed by atoms with Crippen molar-refractivity contribution in [2.24, 2.45) is 0 Å². The largest absolute Gasteiger partial charge is 0.491 e. The van der Waals surface area contributed by atoms with Gasteiger partial charge in [-0.3, -0.25) is 0 Å². The number of carboxylic acids is 1. The van der Waals surface area contributed by atoms with Gasteiger partial charge >= 0.3 is 5.97 Å². The van der Waals surface area contributed by atoms with Gasteiger partial charge in [-0.05, 0) is 25.5 Å².